The number of nitrogens with zero attached hydrogens (tertiary/aromatic N) is 4. The van der Waals surface area contributed by atoms with E-state index < -0.39 is 4.92 Å². The van der Waals surface area contributed by atoms with Crippen LogP contribution in [0.2, 0.25) is 0 Å². The van der Waals surface area contributed by atoms with Crippen molar-refractivity contribution < 1.29 is 4.92 Å². The van der Waals surface area contributed by atoms with Crippen LogP contribution in [0.15, 0.2) is 30.5 Å². The number of aryl methyl sites for hydroxylation is 2. The molecular weight excluding hydrogens is 314 g/mol. The maximum absolute atomic E-state index is 11.0. The van der Waals surface area contributed by atoms with Crippen LogP contribution in [0.25, 0.3) is 22.0 Å². The van der Waals surface area contributed by atoms with Crippen molar-refractivity contribution in [3.63, 3.8) is 0 Å². The molecule has 3 rings (SSSR count). The lowest BCUT2D eigenvalue weighted by atomic mass is 10.1. The first-order valence-corrected chi connectivity index (χ1v) is 7.58. The Morgan fingerprint density at radius 2 is 2.00 bits per heavy atom. The molecule has 0 aliphatic rings. The fraction of sp³-hybridized carbons (Fsp3) is 0.133. The number of anilines is 1. The Balaban J connectivity index is 2.10. The number of non-ortho nitro benzene ring substituents is 1. The van der Waals surface area contributed by atoms with Crippen molar-refractivity contribution in [3.8, 4) is 22.0 Å². The smallest absolute Gasteiger partial charge is 0.272 e. The zero-order valence-corrected chi connectivity index (χ0v) is 13.3. The summed E-state index contributed by atoms with van der Waals surface area (Å²) >= 11 is 1.55. The molecule has 0 amide bonds. The summed E-state index contributed by atoms with van der Waals surface area (Å²) in [5, 5.41) is 11.9. The first-order chi connectivity index (χ1) is 10.9. The van der Waals surface area contributed by atoms with E-state index in [4.69, 9.17) is 5.73 Å². The fourth-order valence-electron chi connectivity index (χ4n) is 2.26. The number of rotatable bonds is 3. The van der Waals surface area contributed by atoms with Gasteiger partial charge in [0.25, 0.3) is 5.69 Å². The van der Waals surface area contributed by atoms with Gasteiger partial charge in [-0.2, -0.15) is 0 Å². The number of hydrogen-bond donors (Lipinski definition) is 1. The molecule has 0 saturated heterocycles. The molecule has 7 nitrogen and oxygen atoms in total. The van der Waals surface area contributed by atoms with Gasteiger partial charge in [-0.05, 0) is 26.0 Å². The van der Waals surface area contributed by atoms with Gasteiger partial charge in [-0.15, -0.1) is 11.3 Å². The minimum atomic E-state index is -0.486. The van der Waals surface area contributed by atoms with Gasteiger partial charge in [-0.25, -0.2) is 15.0 Å². The number of nitro benzene ring substituents is 1. The molecule has 0 saturated carbocycles. The molecule has 0 aliphatic heterocycles. The average Bonchev–Trinajstić information content (AvgIpc) is 2.85. The highest BCUT2D eigenvalue weighted by Crippen LogP contribution is 2.30. The summed E-state index contributed by atoms with van der Waals surface area (Å²) in [7, 11) is 0. The maximum atomic E-state index is 11.0. The molecule has 2 aromatic heterocycles. The topological polar surface area (TPSA) is 108 Å². The number of nitrogens with two attached hydrogens (primary N) is 1. The van der Waals surface area contributed by atoms with E-state index in [9.17, 15) is 10.1 Å². The predicted octanol–water partition coefficient (Wildman–Crippen LogP) is 3.37. The number of benzene rings is 1. The van der Waals surface area contributed by atoms with Crippen LogP contribution in [0.4, 0.5) is 11.4 Å². The number of aromatic nitrogens is 3. The van der Waals surface area contributed by atoms with Gasteiger partial charge in [0, 0.05) is 29.6 Å². The fourth-order valence-corrected chi connectivity index (χ4v) is 3.15. The van der Waals surface area contributed by atoms with Crippen LogP contribution in [0.5, 0.6) is 0 Å². The second-order valence-electron chi connectivity index (χ2n) is 4.98. The van der Waals surface area contributed by atoms with Gasteiger partial charge in [-0.3, -0.25) is 10.1 Å². The highest BCUT2D eigenvalue weighted by atomic mass is 32.1. The second-order valence-corrected chi connectivity index (χ2v) is 6.19. The Hall–Kier alpha value is -2.87. The molecule has 23 heavy (non-hydrogen) atoms. The summed E-state index contributed by atoms with van der Waals surface area (Å²) in [6, 6.07) is 6.14. The van der Waals surface area contributed by atoms with E-state index in [-0.39, 0.29) is 5.69 Å². The standard InChI is InChI=1S/C15H13N5O2S/c1-8-14(23-9(2)18-8)13-3-4-17-15(19-13)10-5-11(16)7-12(6-10)20(21)22/h3-7H,16H2,1-2H3. The molecule has 1 aromatic carbocycles. The van der Waals surface area contributed by atoms with Crippen LogP contribution in [0, 0.1) is 24.0 Å². The molecule has 0 fully saturated rings. The van der Waals surface area contributed by atoms with Crippen LogP contribution in [-0.4, -0.2) is 19.9 Å². The molecule has 3 aromatic rings. The maximum Gasteiger partial charge on any atom is 0.272 e. The van der Waals surface area contributed by atoms with Gasteiger partial charge in [0.2, 0.25) is 0 Å². The summed E-state index contributed by atoms with van der Waals surface area (Å²) in [4.78, 5) is 24.6. The largest absolute Gasteiger partial charge is 0.399 e. The zero-order chi connectivity index (χ0) is 16.6. The molecule has 2 N–H and O–H groups in total. The summed E-state index contributed by atoms with van der Waals surface area (Å²) in [6.07, 6.45) is 1.63. The SMILES string of the molecule is Cc1nc(C)c(-c2ccnc(-c3cc(N)cc([N+](=O)[O-])c3)n2)s1. The summed E-state index contributed by atoms with van der Waals surface area (Å²) in [5.74, 6) is 0.392. The first kappa shape index (κ1) is 15.0. The predicted molar refractivity (Wildman–Crippen MR) is 89.1 cm³/mol. The van der Waals surface area contributed by atoms with E-state index in [1.54, 1.807) is 29.7 Å². The Morgan fingerprint density at radius 1 is 1.22 bits per heavy atom. The van der Waals surface area contributed by atoms with E-state index in [0.717, 1.165) is 21.3 Å². The van der Waals surface area contributed by atoms with Crippen LogP contribution in [0.3, 0.4) is 0 Å². The van der Waals surface area contributed by atoms with Crippen molar-refractivity contribution in [2.45, 2.75) is 13.8 Å². The third kappa shape index (κ3) is 3.02. The van der Waals surface area contributed by atoms with Crippen molar-refractivity contribution in [3.05, 3.63) is 51.3 Å². The van der Waals surface area contributed by atoms with Crippen molar-refractivity contribution in [2.24, 2.45) is 0 Å². The lowest BCUT2D eigenvalue weighted by Gasteiger charge is -2.04. The number of nitro groups is 1. The Labute approximate surface area is 136 Å². The molecule has 8 heteroatoms. The molecule has 0 radical (unpaired) electrons. The lowest BCUT2D eigenvalue weighted by molar-refractivity contribution is -0.384. The van der Waals surface area contributed by atoms with E-state index in [2.05, 4.69) is 15.0 Å². The zero-order valence-electron chi connectivity index (χ0n) is 12.5. The third-order valence-electron chi connectivity index (χ3n) is 3.20. The van der Waals surface area contributed by atoms with E-state index in [1.165, 1.54) is 12.1 Å². The highest BCUT2D eigenvalue weighted by Gasteiger charge is 2.14. The van der Waals surface area contributed by atoms with Crippen LogP contribution < -0.4 is 5.73 Å². The van der Waals surface area contributed by atoms with E-state index in [1.807, 2.05) is 13.8 Å². The van der Waals surface area contributed by atoms with Gasteiger partial charge >= 0.3 is 0 Å². The average molecular weight is 327 g/mol. The number of thiazole rings is 1. The van der Waals surface area contributed by atoms with Gasteiger partial charge in [0.15, 0.2) is 5.82 Å². The molecule has 116 valence electrons. The number of hydrogen-bond acceptors (Lipinski definition) is 7. The minimum Gasteiger partial charge on any atom is -0.399 e. The van der Waals surface area contributed by atoms with Crippen molar-refractivity contribution in [1.82, 2.24) is 15.0 Å². The summed E-state index contributed by atoms with van der Waals surface area (Å²) in [6.45, 7) is 3.86. The molecule has 0 bridgehead atoms. The quantitative estimate of drug-likeness (QED) is 0.449. The van der Waals surface area contributed by atoms with Gasteiger partial charge < -0.3 is 5.73 Å². The van der Waals surface area contributed by atoms with E-state index >= 15 is 0 Å². The molecule has 2 heterocycles. The van der Waals surface area contributed by atoms with E-state index in [0.29, 0.717) is 17.1 Å². The summed E-state index contributed by atoms with van der Waals surface area (Å²) < 4.78 is 0. The van der Waals surface area contributed by atoms with Crippen LogP contribution in [-0.2, 0) is 0 Å². The van der Waals surface area contributed by atoms with Crippen LogP contribution in [0.1, 0.15) is 10.7 Å². The first-order valence-electron chi connectivity index (χ1n) is 6.77. The van der Waals surface area contributed by atoms with Crippen molar-refractivity contribution >= 4 is 22.7 Å². The van der Waals surface area contributed by atoms with Gasteiger partial charge in [-0.1, -0.05) is 0 Å². The van der Waals surface area contributed by atoms with Gasteiger partial charge in [0.05, 0.1) is 26.2 Å². The van der Waals surface area contributed by atoms with Crippen molar-refractivity contribution in [2.75, 3.05) is 5.73 Å². The van der Waals surface area contributed by atoms with Gasteiger partial charge in [0.1, 0.15) is 0 Å². The molecule has 0 unspecified atom stereocenters. The minimum absolute atomic E-state index is 0.0844. The molecule has 0 aliphatic carbocycles. The Morgan fingerprint density at radius 3 is 2.65 bits per heavy atom. The third-order valence-corrected chi connectivity index (χ3v) is 4.30. The monoisotopic (exact) mass is 327 g/mol. The Kier molecular flexibility index (Phi) is 3.75. The van der Waals surface area contributed by atoms with Crippen LogP contribution >= 0.6 is 11.3 Å². The molecule has 0 spiro atoms. The van der Waals surface area contributed by atoms with Crippen molar-refractivity contribution in [1.29, 1.82) is 0 Å². The highest BCUT2D eigenvalue weighted by molar-refractivity contribution is 7.15. The normalized spacial score (nSPS) is 10.7. The molecule has 0 atom stereocenters. The summed E-state index contributed by atoms with van der Waals surface area (Å²) in [5.41, 5.74) is 8.11. The molecular formula is C15H13N5O2S. The second kappa shape index (κ2) is 5.73. The number of nitrogen functional groups attached to an aromatic ring is 1. The Bertz CT molecular complexity index is 907. The lowest BCUT2D eigenvalue weighted by Crippen LogP contribution is -1.96.